The first kappa shape index (κ1) is 22.1. The lowest BCUT2D eigenvalue weighted by molar-refractivity contribution is -0.156. The van der Waals surface area contributed by atoms with Crippen LogP contribution in [0, 0.1) is 5.82 Å². The fourth-order valence-corrected chi connectivity index (χ4v) is 3.24. The molecule has 1 atom stereocenters. The molecule has 12 heteroatoms. The summed E-state index contributed by atoms with van der Waals surface area (Å²) in [7, 11) is 0. The van der Waals surface area contributed by atoms with E-state index in [0.717, 1.165) is 0 Å². The minimum absolute atomic E-state index is 0.111. The fourth-order valence-electron chi connectivity index (χ4n) is 3.24. The lowest BCUT2D eigenvalue weighted by atomic mass is 10.2. The summed E-state index contributed by atoms with van der Waals surface area (Å²) in [6.45, 7) is 2.03. The quantitative estimate of drug-likeness (QED) is 0.451. The zero-order valence-electron chi connectivity index (χ0n) is 16.7. The third kappa shape index (κ3) is 5.03. The number of hydrogen-bond donors (Lipinski definition) is 1. The molecule has 32 heavy (non-hydrogen) atoms. The fraction of sp³-hybridized carbons (Fsp3) is 0.350. The third-order valence-electron chi connectivity index (χ3n) is 4.86. The second-order valence-corrected chi connectivity index (χ2v) is 7.05. The first-order valence-corrected chi connectivity index (χ1v) is 9.69. The number of benzene rings is 1. The van der Waals surface area contributed by atoms with Crippen LogP contribution in [0.2, 0.25) is 0 Å². The van der Waals surface area contributed by atoms with E-state index in [1.807, 2.05) is 0 Å². The molecule has 1 aliphatic heterocycles. The van der Waals surface area contributed by atoms with E-state index in [4.69, 9.17) is 4.74 Å². The van der Waals surface area contributed by atoms with Crippen LogP contribution in [0.4, 0.5) is 23.2 Å². The number of pyridine rings is 1. The van der Waals surface area contributed by atoms with Gasteiger partial charge in [-0.3, -0.25) is 9.88 Å². The van der Waals surface area contributed by atoms with Crippen molar-refractivity contribution < 1.29 is 31.8 Å². The molecule has 1 saturated heterocycles. The average Bonchev–Trinajstić information content (AvgIpc) is 3.29. The summed E-state index contributed by atoms with van der Waals surface area (Å²) < 4.78 is 61.8. The number of halogens is 4. The van der Waals surface area contributed by atoms with Crippen LogP contribution in [0.5, 0.6) is 0 Å². The summed E-state index contributed by atoms with van der Waals surface area (Å²) in [5.41, 5.74) is 1.14. The van der Waals surface area contributed by atoms with E-state index >= 15 is 0 Å². The molecule has 0 saturated carbocycles. The number of hydrogen-bond acceptors (Lipinski definition) is 8. The van der Waals surface area contributed by atoms with E-state index in [-0.39, 0.29) is 18.0 Å². The Hall–Kier alpha value is -3.09. The number of anilines is 1. The van der Waals surface area contributed by atoms with Gasteiger partial charge in [0.2, 0.25) is 5.89 Å². The molecule has 3 aromatic rings. The summed E-state index contributed by atoms with van der Waals surface area (Å²) in [6.07, 6.45) is -4.50. The highest BCUT2D eigenvalue weighted by atomic mass is 19.4. The van der Waals surface area contributed by atoms with Gasteiger partial charge in [0.25, 0.3) is 0 Å². The Bertz CT molecular complexity index is 1040. The van der Waals surface area contributed by atoms with Gasteiger partial charge in [-0.05, 0) is 30.3 Å². The lowest BCUT2D eigenvalue weighted by Gasteiger charge is -2.39. The van der Waals surface area contributed by atoms with Crippen molar-refractivity contribution in [2.45, 2.75) is 19.1 Å². The number of aromatic nitrogens is 3. The zero-order chi connectivity index (χ0) is 22.7. The molecule has 0 radical (unpaired) electrons. The van der Waals surface area contributed by atoms with Gasteiger partial charge in [-0.15, -0.1) is 10.2 Å². The molecule has 4 rings (SSSR count). The molecule has 1 N–H and O–H groups in total. The molecule has 3 heterocycles. The first-order chi connectivity index (χ1) is 15.3. The highest BCUT2D eigenvalue weighted by Gasteiger charge is 2.38. The number of rotatable bonds is 6. The molecule has 0 aliphatic carbocycles. The molecule has 2 aromatic heterocycles. The van der Waals surface area contributed by atoms with Crippen molar-refractivity contribution in [2.24, 2.45) is 0 Å². The molecule has 1 unspecified atom stereocenters. The smallest absolute Gasteiger partial charge is 0.413 e. The zero-order valence-corrected chi connectivity index (χ0v) is 16.7. The summed E-state index contributed by atoms with van der Waals surface area (Å²) >= 11 is 0. The molecule has 0 spiro atoms. The van der Waals surface area contributed by atoms with E-state index in [9.17, 15) is 22.7 Å². The van der Waals surface area contributed by atoms with E-state index in [2.05, 4.69) is 19.6 Å². The maximum Gasteiger partial charge on any atom is 0.470 e. The minimum Gasteiger partial charge on any atom is -0.413 e. The molecular formula is C20H19F4N5O3. The van der Waals surface area contributed by atoms with Gasteiger partial charge in [-0.25, -0.2) is 4.39 Å². The van der Waals surface area contributed by atoms with Crippen molar-refractivity contribution in [1.82, 2.24) is 20.1 Å². The highest BCUT2D eigenvalue weighted by molar-refractivity contribution is 5.51. The van der Waals surface area contributed by atoms with Crippen LogP contribution in [0.25, 0.3) is 11.5 Å². The van der Waals surface area contributed by atoms with Crippen LogP contribution in [0.15, 0.2) is 47.0 Å². The highest BCUT2D eigenvalue weighted by Crippen LogP contribution is 2.30. The van der Waals surface area contributed by atoms with Crippen LogP contribution in [-0.4, -0.2) is 57.8 Å². The summed E-state index contributed by atoms with van der Waals surface area (Å²) in [4.78, 5) is 7.61. The molecule has 1 aliphatic rings. The van der Waals surface area contributed by atoms with E-state index in [0.29, 0.717) is 37.7 Å². The van der Waals surface area contributed by atoms with Gasteiger partial charge in [0.05, 0.1) is 31.0 Å². The maximum absolute atomic E-state index is 13.8. The first-order valence-electron chi connectivity index (χ1n) is 9.69. The molecule has 8 nitrogen and oxygen atoms in total. The molecule has 0 bridgehead atoms. The van der Waals surface area contributed by atoms with Gasteiger partial charge < -0.3 is 19.2 Å². The topological polar surface area (TPSA) is 87.8 Å². The van der Waals surface area contributed by atoms with E-state index < -0.39 is 24.2 Å². The van der Waals surface area contributed by atoms with Gasteiger partial charge in [0, 0.05) is 25.0 Å². The number of aliphatic hydroxyl groups excluding tert-OH is 1. The van der Waals surface area contributed by atoms with Crippen molar-refractivity contribution >= 4 is 5.69 Å². The Morgan fingerprint density at radius 3 is 2.53 bits per heavy atom. The Balaban J connectivity index is 1.55. The van der Waals surface area contributed by atoms with Crippen LogP contribution < -0.4 is 4.90 Å². The number of morpholine rings is 1. The van der Waals surface area contributed by atoms with Gasteiger partial charge >= 0.3 is 12.1 Å². The second kappa shape index (κ2) is 9.18. The van der Waals surface area contributed by atoms with Gasteiger partial charge in [0.1, 0.15) is 5.82 Å². The summed E-state index contributed by atoms with van der Waals surface area (Å²) in [6, 6.07) is 8.85. The Labute approximate surface area is 180 Å². The third-order valence-corrected chi connectivity index (χ3v) is 4.86. The van der Waals surface area contributed by atoms with Crippen LogP contribution in [0.1, 0.15) is 11.6 Å². The van der Waals surface area contributed by atoms with E-state index in [1.54, 1.807) is 21.9 Å². The SMILES string of the molecule is OC(N1CCOCC1)N(Cc1ccc(-c2nnc(C(F)(F)F)o2)cn1)c1cccc(F)c1. The normalized spacial score (nSPS) is 16.2. The van der Waals surface area contributed by atoms with Gasteiger partial charge in [0.15, 0.2) is 6.35 Å². The van der Waals surface area contributed by atoms with E-state index in [1.165, 1.54) is 30.5 Å². The van der Waals surface area contributed by atoms with Crippen LogP contribution in [0.3, 0.4) is 0 Å². The summed E-state index contributed by atoms with van der Waals surface area (Å²) in [5.74, 6) is -2.21. The van der Waals surface area contributed by atoms with Crippen molar-refractivity contribution in [2.75, 3.05) is 31.2 Å². The summed E-state index contributed by atoms with van der Waals surface area (Å²) in [5, 5.41) is 17.4. The van der Waals surface area contributed by atoms with Crippen LogP contribution >= 0.6 is 0 Å². The molecule has 0 amide bonds. The molecule has 1 fully saturated rings. The standard InChI is InChI=1S/C20H19F4N5O3/c21-14-2-1-3-16(10-14)29(19(30)28-6-8-31-9-7-28)12-15-5-4-13(11-25-15)17-26-27-18(32-17)20(22,23)24/h1-5,10-11,19,30H,6-9,12H2. The Morgan fingerprint density at radius 1 is 1.12 bits per heavy atom. The maximum atomic E-state index is 13.8. The number of aliphatic hydroxyl groups is 1. The van der Waals surface area contributed by atoms with Gasteiger partial charge in [-0.1, -0.05) is 6.07 Å². The van der Waals surface area contributed by atoms with Crippen molar-refractivity contribution in [3.8, 4) is 11.5 Å². The molecule has 1 aromatic carbocycles. The van der Waals surface area contributed by atoms with Crippen molar-refractivity contribution in [1.29, 1.82) is 0 Å². The average molecular weight is 453 g/mol. The predicted molar refractivity (Wildman–Crippen MR) is 104 cm³/mol. The predicted octanol–water partition coefficient (Wildman–Crippen LogP) is 2.90. The number of nitrogens with zero attached hydrogens (tertiary/aromatic N) is 5. The van der Waals surface area contributed by atoms with Crippen LogP contribution in [-0.2, 0) is 17.5 Å². The monoisotopic (exact) mass is 453 g/mol. The van der Waals surface area contributed by atoms with Crippen molar-refractivity contribution in [3.05, 3.63) is 60.0 Å². The van der Waals surface area contributed by atoms with Gasteiger partial charge in [-0.2, -0.15) is 13.2 Å². The minimum atomic E-state index is -4.74. The lowest BCUT2D eigenvalue weighted by Crippen LogP contribution is -2.52. The Kier molecular flexibility index (Phi) is 6.35. The largest absolute Gasteiger partial charge is 0.470 e. The number of ether oxygens (including phenoxy) is 1. The second-order valence-electron chi connectivity index (χ2n) is 7.05. The molecular weight excluding hydrogens is 434 g/mol. The number of alkyl halides is 3. The Morgan fingerprint density at radius 2 is 1.91 bits per heavy atom. The molecule has 170 valence electrons. The van der Waals surface area contributed by atoms with Crippen molar-refractivity contribution in [3.63, 3.8) is 0 Å².